The lowest BCUT2D eigenvalue weighted by Crippen LogP contribution is -2.38. The Kier molecular flexibility index (Phi) is 4.59. The molecule has 0 atom stereocenters. The van der Waals surface area contributed by atoms with Crippen LogP contribution in [0, 0.1) is 0 Å². The lowest BCUT2D eigenvalue weighted by Gasteiger charge is -2.26. The Balaban J connectivity index is 2.08. The van der Waals surface area contributed by atoms with Gasteiger partial charge in [-0.15, -0.1) is 0 Å². The zero-order valence-electron chi connectivity index (χ0n) is 12.8. The first-order chi connectivity index (χ1) is 9.76. The number of nitrogens with zero attached hydrogens (tertiary/aromatic N) is 1. The third kappa shape index (κ3) is 4.22. The van der Waals surface area contributed by atoms with Gasteiger partial charge in [0.1, 0.15) is 5.60 Å². The molecule has 1 heterocycles. The number of rotatable bonds is 1. The summed E-state index contributed by atoms with van der Waals surface area (Å²) < 4.78 is 5.40. The molecule has 1 aromatic rings. The quantitative estimate of drug-likeness (QED) is 0.747. The first-order valence-electron chi connectivity index (χ1n) is 7.22. The van der Waals surface area contributed by atoms with Gasteiger partial charge in [-0.25, -0.2) is 4.79 Å². The van der Waals surface area contributed by atoms with Crippen LogP contribution >= 0.6 is 0 Å². The molecule has 0 bridgehead atoms. The van der Waals surface area contributed by atoms with Crippen LogP contribution in [0.25, 0.3) is 0 Å². The van der Waals surface area contributed by atoms with E-state index in [-0.39, 0.29) is 6.09 Å². The van der Waals surface area contributed by atoms with Crippen LogP contribution in [-0.2, 0) is 17.6 Å². The topological polar surface area (TPSA) is 70.0 Å². The molecule has 1 aliphatic rings. The van der Waals surface area contributed by atoms with Crippen molar-refractivity contribution < 1.29 is 19.6 Å². The number of ether oxygens (including phenoxy) is 1. The summed E-state index contributed by atoms with van der Waals surface area (Å²) in [7, 11) is -1.46. The number of carbonyl (C=O) groups is 1. The van der Waals surface area contributed by atoms with Crippen LogP contribution in [-0.4, -0.2) is 46.9 Å². The van der Waals surface area contributed by atoms with Crippen LogP contribution in [0.5, 0.6) is 0 Å². The Bertz CT molecular complexity index is 525. The van der Waals surface area contributed by atoms with E-state index in [0.29, 0.717) is 25.0 Å². The maximum atomic E-state index is 12.1. The van der Waals surface area contributed by atoms with Crippen LogP contribution in [0.2, 0.25) is 0 Å². The van der Waals surface area contributed by atoms with Crippen molar-refractivity contribution in [3.63, 3.8) is 0 Å². The normalized spacial score (nSPS) is 15.2. The van der Waals surface area contributed by atoms with E-state index in [2.05, 4.69) is 0 Å². The Labute approximate surface area is 125 Å². The Hall–Kier alpha value is -1.53. The molecule has 2 N–H and O–H groups in total. The van der Waals surface area contributed by atoms with Crippen molar-refractivity contribution in [2.75, 3.05) is 13.1 Å². The van der Waals surface area contributed by atoms with Crippen molar-refractivity contribution in [2.45, 2.75) is 39.2 Å². The van der Waals surface area contributed by atoms with E-state index < -0.39 is 12.7 Å². The van der Waals surface area contributed by atoms with E-state index in [1.807, 2.05) is 26.8 Å². The average molecular weight is 291 g/mol. The molecule has 1 aliphatic heterocycles. The van der Waals surface area contributed by atoms with Gasteiger partial charge in [0.05, 0.1) is 0 Å². The van der Waals surface area contributed by atoms with E-state index in [9.17, 15) is 14.8 Å². The van der Waals surface area contributed by atoms with Crippen LogP contribution in [0.1, 0.15) is 31.9 Å². The summed E-state index contributed by atoms with van der Waals surface area (Å²) in [6.45, 7) is 6.75. The highest BCUT2D eigenvalue weighted by atomic mass is 16.6. The van der Waals surface area contributed by atoms with Crippen LogP contribution in [0.15, 0.2) is 18.2 Å². The number of fused-ring (bicyclic) bond motifs is 1. The summed E-state index contributed by atoms with van der Waals surface area (Å²) >= 11 is 0. The molecule has 0 radical (unpaired) electrons. The van der Waals surface area contributed by atoms with Gasteiger partial charge in [0.15, 0.2) is 0 Å². The molecule has 0 aliphatic carbocycles. The monoisotopic (exact) mass is 291 g/mol. The molecule has 0 unspecified atom stereocenters. The smallest absolute Gasteiger partial charge is 0.444 e. The SMILES string of the molecule is CC(C)(C)OC(=O)N1CCc2ccc(B(O)O)cc2CC1. The fourth-order valence-electron chi connectivity index (χ4n) is 2.41. The molecule has 0 saturated heterocycles. The first-order valence-corrected chi connectivity index (χ1v) is 7.22. The van der Waals surface area contributed by atoms with Crippen LogP contribution in [0.3, 0.4) is 0 Å². The van der Waals surface area contributed by atoms with Gasteiger partial charge in [-0.05, 0) is 50.2 Å². The summed E-state index contributed by atoms with van der Waals surface area (Å²) in [6, 6.07) is 5.42. The minimum atomic E-state index is -1.46. The first kappa shape index (κ1) is 15.9. The molecular formula is C15H22BNO4. The van der Waals surface area contributed by atoms with Crippen molar-refractivity contribution in [1.29, 1.82) is 0 Å². The van der Waals surface area contributed by atoms with Gasteiger partial charge in [0, 0.05) is 13.1 Å². The summed E-state index contributed by atoms with van der Waals surface area (Å²) in [5.74, 6) is 0. The van der Waals surface area contributed by atoms with Gasteiger partial charge in [-0.1, -0.05) is 18.2 Å². The molecule has 114 valence electrons. The summed E-state index contributed by atoms with van der Waals surface area (Å²) in [5.41, 5.74) is 2.20. The highest BCUT2D eigenvalue weighted by Crippen LogP contribution is 2.17. The van der Waals surface area contributed by atoms with Gasteiger partial charge in [0.2, 0.25) is 0 Å². The largest absolute Gasteiger partial charge is 0.488 e. The summed E-state index contributed by atoms with van der Waals surface area (Å²) in [5, 5.41) is 18.5. The van der Waals surface area contributed by atoms with Gasteiger partial charge >= 0.3 is 13.2 Å². The average Bonchev–Trinajstić information content (AvgIpc) is 2.58. The van der Waals surface area contributed by atoms with Crippen molar-refractivity contribution in [3.05, 3.63) is 29.3 Å². The number of hydrogen-bond acceptors (Lipinski definition) is 4. The zero-order chi connectivity index (χ0) is 15.6. The minimum absolute atomic E-state index is 0.294. The van der Waals surface area contributed by atoms with Gasteiger partial charge in [0.25, 0.3) is 0 Å². The number of amides is 1. The van der Waals surface area contributed by atoms with Crippen molar-refractivity contribution in [3.8, 4) is 0 Å². The predicted octanol–water partition coefficient (Wildman–Crippen LogP) is 0.702. The van der Waals surface area contributed by atoms with Crippen LogP contribution in [0.4, 0.5) is 4.79 Å². The van der Waals surface area contributed by atoms with Crippen molar-refractivity contribution in [2.24, 2.45) is 0 Å². The van der Waals surface area contributed by atoms with E-state index >= 15 is 0 Å². The number of carbonyl (C=O) groups excluding carboxylic acids is 1. The van der Waals surface area contributed by atoms with E-state index in [4.69, 9.17) is 4.74 Å². The molecular weight excluding hydrogens is 269 g/mol. The fraction of sp³-hybridized carbons (Fsp3) is 0.533. The Morgan fingerprint density at radius 1 is 1.19 bits per heavy atom. The minimum Gasteiger partial charge on any atom is -0.444 e. The molecule has 1 aromatic carbocycles. The maximum absolute atomic E-state index is 12.1. The van der Waals surface area contributed by atoms with Crippen LogP contribution < -0.4 is 5.46 Å². The summed E-state index contributed by atoms with van der Waals surface area (Å²) in [4.78, 5) is 13.8. The molecule has 2 rings (SSSR count). The second-order valence-electron chi connectivity index (χ2n) is 6.37. The van der Waals surface area contributed by atoms with Crippen molar-refractivity contribution in [1.82, 2.24) is 4.90 Å². The third-order valence-corrected chi connectivity index (χ3v) is 3.48. The maximum Gasteiger partial charge on any atom is 0.488 e. The molecule has 6 heteroatoms. The second-order valence-corrected chi connectivity index (χ2v) is 6.37. The second kappa shape index (κ2) is 6.07. The molecule has 0 saturated carbocycles. The van der Waals surface area contributed by atoms with Crippen molar-refractivity contribution >= 4 is 18.7 Å². The molecule has 0 aromatic heterocycles. The highest BCUT2D eigenvalue weighted by Gasteiger charge is 2.24. The number of benzene rings is 1. The number of hydrogen-bond donors (Lipinski definition) is 2. The molecule has 21 heavy (non-hydrogen) atoms. The fourth-order valence-corrected chi connectivity index (χ4v) is 2.41. The standard InChI is InChI=1S/C15H22BNO4/c1-15(2,3)21-14(18)17-8-6-11-4-5-13(16(19)20)10-12(11)7-9-17/h4-5,10,19-20H,6-9H2,1-3H3. The van der Waals surface area contributed by atoms with E-state index in [0.717, 1.165) is 17.5 Å². The van der Waals surface area contributed by atoms with Gasteiger partial charge < -0.3 is 19.7 Å². The molecule has 1 amide bonds. The molecule has 5 nitrogen and oxygen atoms in total. The van der Waals surface area contributed by atoms with E-state index in [1.165, 1.54) is 0 Å². The lowest BCUT2D eigenvalue weighted by molar-refractivity contribution is 0.0258. The third-order valence-electron chi connectivity index (χ3n) is 3.48. The highest BCUT2D eigenvalue weighted by molar-refractivity contribution is 6.58. The van der Waals surface area contributed by atoms with Gasteiger partial charge in [-0.2, -0.15) is 0 Å². The lowest BCUT2D eigenvalue weighted by atomic mass is 9.78. The molecule has 0 fully saturated rings. The summed E-state index contributed by atoms with van der Waals surface area (Å²) in [6.07, 6.45) is 1.14. The Morgan fingerprint density at radius 3 is 2.38 bits per heavy atom. The zero-order valence-corrected chi connectivity index (χ0v) is 12.8. The molecule has 0 spiro atoms. The van der Waals surface area contributed by atoms with E-state index in [1.54, 1.807) is 17.0 Å². The predicted molar refractivity (Wildman–Crippen MR) is 81.5 cm³/mol. The van der Waals surface area contributed by atoms with Gasteiger partial charge in [-0.3, -0.25) is 0 Å². The Morgan fingerprint density at radius 2 is 1.81 bits per heavy atom.